The van der Waals surface area contributed by atoms with Gasteiger partial charge < -0.3 is 9.64 Å². The molecule has 0 N–H and O–H groups in total. The lowest BCUT2D eigenvalue weighted by Crippen LogP contribution is -2.33. The van der Waals surface area contributed by atoms with E-state index in [1.165, 1.54) is 6.42 Å². The highest BCUT2D eigenvalue weighted by molar-refractivity contribution is 5.99. The lowest BCUT2D eigenvalue weighted by molar-refractivity contribution is -0.115. The number of carbonyl (C=O) groups excluding carboxylic acids is 1. The summed E-state index contributed by atoms with van der Waals surface area (Å²) in [6, 6.07) is 8.30. The molecule has 1 saturated heterocycles. The number of carbonyl (C=O) groups is 1. The first kappa shape index (κ1) is 11.3. The maximum Gasteiger partial charge on any atom is 0.159 e. The van der Waals surface area contributed by atoms with Crippen molar-refractivity contribution >= 4 is 11.5 Å². The van der Waals surface area contributed by atoms with E-state index < -0.39 is 0 Å². The van der Waals surface area contributed by atoms with Crippen molar-refractivity contribution in [1.82, 2.24) is 4.90 Å². The fourth-order valence-corrected chi connectivity index (χ4v) is 2.98. The Morgan fingerprint density at radius 2 is 2.17 bits per heavy atom. The number of rotatable bonds is 2. The Balaban J connectivity index is 2.06. The number of methoxy groups -OCH3 is 1. The van der Waals surface area contributed by atoms with Crippen LogP contribution in [0, 0.1) is 0 Å². The minimum atomic E-state index is 0.235. The first-order valence-electron chi connectivity index (χ1n) is 6.44. The number of para-hydroxylation sites is 1. The van der Waals surface area contributed by atoms with Crippen LogP contribution in [0.15, 0.2) is 30.3 Å². The van der Waals surface area contributed by atoms with E-state index in [-0.39, 0.29) is 5.78 Å². The molecule has 0 saturated carbocycles. The van der Waals surface area contributed by atoms with Gasteiger partial charge in [-0.25, -0.2) is 0 Å². The quantitative estimate of drug-likeness (QED) is 0.799. The van der Waals surface area contributed by atoms with Crippen molar-refractivity contribution in [2.24, 2.45) is 0 Å². The number of ketones is 1. The normalized spacial score (nSPS) is 22.7. The molecule has 3 nitrogen and oxygen atoms in total. The predicted octanol–water partition coefficient (Wildman–Crippen LogP) is 2.47. The molecule has 0 aromatic heterocycles. The molecule has 0 radical (unpaired) electrons. The number of hydrogen-bond acceptors (Lipinski definition) is 3. The maximum absolute atomic E-state index is 11.8. The lowest BCUT2D eigenvalue weighted by atomic mass is 9.98. The summed E-state index contributed by atoms with van der Waals surface area (Å²) in [6.45, 7) is 1.04. The van der Waals surface area contributed by atoms with Crippen LogP contribution < -0.4 is 4.74 Å². The van der Waals surface area contributed by atoms with Gasteiger partial charge in [0.2, 0.25) is 0 Å². The van der Waals surface area contributed by atoms with Crippen molar-refractivity contribution in [2.45, 2.75) is 25.3 Å². The summed E-state index contributed by atoms with van der Waals surface area (Å²) in [4.78, 5) is 14.2. The molecule has 0 aliphatic carbocycles. The Bertz CT molecular complexity index is 507. The Kier molecular flexibility index (Phi) is 2.82. The number of benzene rings is 1. The standard InChI is InChI=1S/C15H17NO2/c1-18-15-7-3-2-6-13(15)14-10-12(17)9-11-5-4-8-16(11)14/h2-3,6-7,10-11H,4-5,8-9H2,1H3/t11-/m1/s1. The SMILES string of the molecule is COc1ccccc1C1=CC(=O)C[C@H]2CCCN12. The summed E-state index contributed by atoms with van der Waals surface area (Å²) in [5.74, 6) is 1.07. The average molecular weight is 243 g/mol. The van der Waals surface area contributed by atoms with Gasteiger partial charge in [-0.05, 0) is 25.0 Å². The third-order valence-corrected chi connectivity index (χ3v) is 3.80. The number of nitrogens with zero attached hydrogens (tertiary/aromatic N) is 1. The third-order valence-electron chi connectivity index (χ3n) is 3.80. The molecular formula is C15H17NO2. The fourth-order valence-electron chi connectivity index (χ4n) is 2.98. The Morgan fingerprint density at radius 1 is 1.33 bits per heavy atom. The smallest absolute Gasteiger partial charge is 0.159 e. The van der Waals surface area contributed by atoms with E-state index in [2.05, 4.69) is 4.90 Å². The second kappa shape index (κ2) is 4.48. The van der Waals surface area contributed by atoms with Gasteiger partial charge in [-0.2, -0.15) is 0 Å². The lowest BCUT2D eigenvalue weighted by Gasteiger charge is -2.32. The van der Waals surface area contributed by atoms with E-state index in [4.69, 9.17) is 4.74 Å². The monoisotopic (exact) mass is 243 g/mol. The highest BCUT2D eigenvalue weighted by atomic mass is 16.5. The van der Waals surface area contributed by atoms with Crippen LogP contribution in [0.5, 0.6) is 5.75 Å². The van der Waals surface area contributed by atoms with E-state index >= 15 is 0 Å². The number of allylic oxidation sites excluding steroid dienone is 1. The summed E-state index contributed by atoms with van der Waals surface area (Å²) in [7, 11) is 1.67. The highest BCUT2D eigenvalue weighted by Gasteiger charge is 2.33. The molecule has 0 bridgehead atoms. The number of hydrogen-bond donors (Lipinski definition) is 0. The zero-order chi connectivity index (χ0) is 12.5. The molecule has 3 heteroatoms. The summed E-state index contributed by atoms with van der Waals surface area (Å²) in [5.41, 5.74) is 2.06. The van der Waals surface area contributed by atoms with Gasteiger partial charge in [0.1, 0.15) is 5.75 Å². The molecule has 94 valence electrons. The highest BCUT2D eigenvalue weighted by Crippen LogP contribution is 2.37. The van der Waals surface area contributed by atoms with Crippen LogP contribution in [0.3, 0.4) is 0 Å². The molecule has 2 heterocycles. The van der Waals surface area contributed by atoms with E-state index in [0.29, 0.717) is 12.5 Å². The maximum atomic E-state index is 11.8. The van der Waals surface area contributed by atoms with Crippen LogP contribution in [0.25, 0.3) is 5.70 Å². The Morgan fingerprint density at radius 3 is 3.00 bits per heavy atom. The van der Waals surface area contributed by atoms with Crippen LogP contribution in [-0.4, -0.2) is 30.4 Å². The second-order valence-electron chi connectivity index (χ2n) is 4.89. The van der Waals surface area contributed by atoms with Gasteiger partial charge in [-0.1, -0.05) is 12.1 Å². The molecule has 0 spiro atoms. The van der Waals surface area contributed by atoms with Gasteiger partial charge in [-0.15, -0.1) is 0 Å². The molecular weight excluding hydrogens is 226 g/mol. The molecule has 2 aliphatic heterocycles. The fraction of sp³-hybridized carbons (Fsp3) is 0.400. The van der Waals surface area contributed by atoms with E-state index in [9.17, 15) is 4.79 Å². The van der Waals surface area contributed by atoms with Crippen LogP contribution in [0.4, 0.5) is 0 Å². The van der Waals surface area contributed by atoms with E-state index in [1.54, 1.807) is 13.2 Å². The van der Waals surface area contributed by atoms with Crippen LogP contribution >= 0.6 is 0 Å². The summed E-state index contributed by atoms with van der Waals surface area (Å²) >= 11 is 0. The van der Waals surface area contributed by atoms with Gasteiger partial charge in [0.15, 0.2) is 5.78 Å². The summed E-state index contributed by atoms with van der Waals surface area (Å²) in [5, 5.41) is 0. The molecule has 1 aromatic rings. The Hall–Kier alpha value is -1.77. The first-order valence-corrected chi connectivity index (χ1v) is 6.44. The van der Waals surface area contributed by atoms with Gasteiger partial charge in [0.05, 0.1) is 12.8 Å². The molecule has 1 atom stereocenters. The zero-order valence-electron chi connectivity index (χ0n) is 10.6. The van der Waals surface area contributed by atoms with Crippen molar-refractivity contribution in [1.29, 1.82) is 0 Å². The molecule has 3 rings (SSSR count). The summed E-state index contributed by atoms with van der Waals surface area (Å²) in [6.07, 6.45) is 4.74. The topological polar surface area (TPSA) is 29.5 Å². The molecule has 0 amide bonds. The predicted molar refractivity (Wildman–Crippen MR) is 70.3 cm³/mol. The minimum Gasteiger partial charge on any atom is -0.496 e. The van der Waals surface area contributed by atoms with Crippen molar-refractivity contribution in [3.63, 3.8) is 0 Å². The van der Waals surface area contributed by atoms with Gasteiger partial charge >= 0.3 is 0 Å². The van der Waals surface area contributed by atoms with E-state index in [1.807, 2.05) is 24.3 Å². The molecule has 1 fully saturated rings. The van der Waals surface area contributed by atoms with Crippen molar-refractivity contribution < 1.29 is 9.53 Å². The third kappa shape index (κ3) is 1.80. The van der Waals surface area contributed by atoms with Crippen molar-refractivity contribution in [3.8, 4) is 5.75 Å². The zero-order valence-corrected chi connectivity index (χ0v) is 10.6. The largest absolute Gasteiger partial charge is 0.496 e. The van der Waals surface area contributed by atoms with Crippen LogP contribution in [0.2, 0.25) is 0 Å². The minimum absolute atomic E-state index is 0.235. The number of ether oxygens (including phenoxy) is 1. The Labute approximate surface area is 107 Å². The van der Waals surface area contributed by atoms with Crippen LogP contribution in [0.1, 0.15) is 24.8 Å². The van der Waals surface area contributed by atoms with E-state index in [0.717, 1.165) is 30.0 Å². The first-order chi connectivity index (χ1) is 8.79. The average Bonchev–Trinajstić information content (AvgIpc) is 2.85. The van der Waals surface area contributed by atoms with Crippen molar-refractivity contribution in [3.05, 3.63) is 35.9 Å². The van der Waals surface area contributed by atoms with Crippen molar-refractivity contribution in [2.75, 3.05) is 13.7 Å². The second-order valence-corrected chi connectivity index (χ2v) is 4.89. The molecule has 2 aliphatic rings. The summed E-state index contributed by atoms with van der Waals surface area (Å²) < 4.78 is 5.40. The van der Waals surface area contributed by atoms with Gasteiger partial charge in [0.25, 0.3) is 0 Å². The van der Waals surface area contributed by atoms with Crippen LogP contribution in [-0.2, 0) is 4.79 Å². The number of fused-ring (bicyclic) bond motifs is 1. The van der Waals surface area contributed by atoms with Gasteiger partial charge in [-0.3, -0.25) is 4.79 Å². The molecule has 0 unspecified atom stereocenters. The van der Waals surface area contributed by atoms with Gasteiger partial charge in [0, 0.05) is 30.6 Å². The molecule has 18 heavy (non-hydrogen) atoms. The molecule has 1 aromatic carbocycles.